The van der Waals surface area contributed by atoms with Crippen LogP contribution < -0.4 is 0 Å². The largest absolute Gasteiger partial charge is 0.480 e. The summed E-state index contributed by atoms with van der Waals surface area (Å²) in [5.41, 5.74) is 0. The molecule has 120 valence electrons. The molecule has 2 aliphatic heterocycles. The van der Waals surface area contributed by atoms with Crippen LogP contribution >= 0.6 is 0 Å². The average molecular weight is 319 g/mol. The van der Waals surface area contributed by atoms with Gasteiger partial charge in [0.1, 0.15) is 6.04 Å². The minimum Gasteiger partial charge on any atom is -0.480 e. The highest BCUT2D eigenvalue weighted by atomic mass is 32.2. The lowest BCUT2D eigenvalue weighted by atomic mass is 10.0. The van der Waals surface area contributed by atoms with Gasteiger partial charge in [-0.1, -0.05) is 6.92 Å². The first kappa shape index (κ1) is 16.0. The van der Waals surface area contributed by atoms with Gasteiger partial charge in [-0.15, -0.1) is 0 Å². The molecule has 2 atom stereocenters. The van der Waals surface area contributed by atoms with Gasteiger partial charge in [0.2, 0.25) is 10.0 Å². The molecule has 2 unspecified atom stereocenters. The van der Waals surface area contributed by atoms with Crippen molar-refractivity contribution in [3.8, 4) is 0 Å². The van der Waals surface area contributed by atoms with Gasteiger partial charge in [-0.2, -0.15) is 4.31 Å². The minimum atomic E-state index is -3.24. The third-order valence-corrected chi connectivity index (χ3v) is 5.48. The van der Waals surface area contributed by atoms with Crippen molar-refractivity contribution < 1.29 is 23.1 Å². The first-order chi connectivity index (χ1) is 9.71. The number of carbonyl (C=O) groups is 2. The summed E-state index contributed by atoms with van der Waals surface area (Å²) in [6, 6.07) is -1.09. The van der Waals surface area contributed by atoms with Crippen LogP contribution in [0.2, 0.25) is 0 Å². The zero-order chi connectivity index (χ0) is 15.8. The lowest BCUT2D eigenvalue weighted by molar-refractivity contribution is -0.142. The monoisotopic (exact) mass is 319 g/mol. The van der Waals surface area contributed by atoms with E-state index in [1.807, 2.05) is 6.92 Å². The number of carbonyl (C=O) groups excluding carboxylic acids is 1. The van der Waals surface area contributed by atoms with E-state index in [1.165, 1.54) is 14.1 Å². The average Bonchev–Trinajstić information content (AvgIpc) is 2.79. The van der Waals surface area contributed by atoms with Crippen LogP contribution in [0.5, 0.6) is 0 Å². The van der Waals surface area contributed by atoms with Crippen LogP contribution in [0.1, 0.15) is 13.3 Å². The highest BCUT2D eigenvalue weighted by Gasteiger charge is 2.41. The fraction of sp³-hybridized carbons (Fsp3) is 0.833. The Kier molecular flexibility index (Phi) is 4.43. The van der Waals surface area contributed by atoms with Gasteiger partial charge in [0.05, 0.1) is 6.26 Å². The van der Waals surface area contributed by atoms with Crippen molar-refractivity contribution in [2.24, 2.45) is 5.92 Å². The molecule has 0 radical (unpaired) electrons. The molecule has 8 nitrogen and oxygen atoms in total. The molecule has 1 N–H and O–H groups in total. The zero-order valence-corrected chi connectivity index (χ0v) is 13.0. The molecule has 9 heteroatoms. The molecule has 2 amide bonds. The van der Waals surface area contributed by atoms with Crippen LogP contribution in [0.4, 0.5) is 4.79 Å². The van der Waals surface area contributed by atoms with Crippen molar-refractivity contribution in [2.45, 2.75) is 19.4 Å². The first-order valence-electron chi connectivity index (χ1n) is 6.95. The molecule has 0 bridgehead atoms. The Labute approximate surface area is 124 Å². The van der Waals surface area contributed by atoms with Crippen LogP contribution in [0, 0.1) is 5.92 Å². The molecular weight excluding hydrogens is 298 g/mol. The number of rotatable bonds is 2. The van der Waals surface area contributed by atoms with Gasteiger partial charge in [0.15, 0.2) is 0 Å². The molecule has 0 saturated carbocycles. The molecule has 0 aliphatic carbocycles. The lowest BCUT2D eigenvalue weighted by Gasteiger charge is -2.36. The standard InChI is InChI=1S/C12H21N3O5S/c1-9-3-4-15(10(9)11(16)17)12(18)13-5-7-14(8-6-13)21(2,19)20/h9-10H,3-8H2,1-2H3,(H,16,17). The van der Waals surface area contributed by atoms with Crippen LogP contribution in [-0.2, 0) is 14.8 Å². The van der Waals surface area contributed by atoms with Crippen molar-refractivity contribution in [2.75, 3.05) is 39.0 Å². The zero-order valence-electron chi connectivity index (χ0n) is 12.2. The number of sulfonamides is 1. The van der Waals surface area contributed by atoms with Crippen molar-refractivity contribution >= 4 is 22.0 Å². The quantitative estimate of drug-likeness (QED) is 0.738. The van der Waals surface area contributed by atoms with E-state index in [9.17, 15) is 23.1 Å². The Balaban J connectivity index is 2.01. The summed E-state index contributed by atoms with van der Waals surface area (Å²) in [7, 11) is -3.24. The third-order valence-electron chi connectivity index (χ3n) is 4.18. The Morgan fingerprint density at radius 1 is 1.10 bits per heavy atom. The summed E-state index contributed by atoms with van der Waals surface area (Å²) in [6.07, 6.45) is 1.82. The number of likely N-dealkylation sites (tertiary alicyclic amines) is 1. The number of piperazine rings is 1. The number of nitrogens with zero attached hydrogens (tertiary/aromatic N) is 3. The van der Waals surface area contributed by atoms with Gasteiger partial charge < -0.3 is 14.9 Å². The fourth-order valence-corrected chi connectivity index (χ4v) is 3.76. The fourth-order valence-electron chi connectivity index (χ4n) is 2.93. The first-order valence-corrected chi connectivity index (χ1v) is 8.80. The number of aliphatic carboxylic acids is 1. The van der Waals surface area contributed by atoms with Crippen LogP contribution in [0.25, 0.3) is 0 Å². The van der Waals surface area contributed by atoms with E-state index in [0.717, 1.165) is 6.26 Å². The van der Waals surface area contributed by atoms with Gasteiger partial charge in [0.25, 0.3) is 0 Å². The van der Waals surface area contributed by atoms with Crippen molar-refractivity contribution in [1.82, 2.24) is 14.1 Å². The van der Waals surface area contributed by atoms with Gasteiger partial charge in [-0.25, -0.2) is 18.0 Å². The summed E-state index contributed by atoms with van der Waals surface area (Å²) in [5, 5.41) is 9.25. The predicted octanol–water partition coefficient (Wildman–Crippen LogP) is -0.521. The SMILES string of the molecule is CC1CCN(C(=O)N2CCN(S(C)(=O)=O)CC2)C1C(=O)O. The normalized spacial score (nSPS) is 27.9. The predicted molar refractivity (Wildman–Crippen MR) is 75.3 cm³/mol. The highest BCUT2D eigenvalue weighted by molar-refractivity contribution is 7.88. The molecule has 0 aromatic carbocycles. The number of amides is 2. The Morgan fingerprint density at radius 3 is 2.14 bits per heavy atom. The third kappa shape index (κ3) is 3.29. The van der Waals surface area contributed by atoms with E-state index in [-0.39, 0.29) is 25.0 Å². The Morgan fingerprint density at radius 2 is 1.67 bits per heavy atom. The topological polar surface area (TPSA) is 98.2 Å². The van der Waals surface area contributed by atoms with E-state index >= 15 is 0 Å². The van der Waals surface area contributed by atoms with Crippen molar-refractivity contribution in [1.29, 1.82) is 0 Å². The summed E-state index contributed by atoms with van der Waals surface area (Å²) < 4.78 is 24.2. The van der Waals surface area contributed by atoms with Gasteiger partial charge in [-0.05, 0) is 12.3 Å². The van der Waals surface area contributed by atoms with E-state index in [4.69, 9.17) is 0 Å². The molecule has 2 fully saturated rings. The lowest BCUT2D eigenvalue weighted by Crippen LogP contribution is -2.55. The second-order valence-corrected chi connectivity index (χ2v) is 7.66. The van der Waals surface area contributed by atoms with E-state index in [2.05, 4.69) is 0 Å². The van der Waals surface area contributed by atoms with Crippen LogP contribution in [0.15, 0.2) is 0 Å². The molecule has 0 aromatic rings. The molecule has 2 saturated heterocycles. The van der Waals surface area contributed by atoms with Gasteiger partial charge in [0, 0.05) is 32.7 Å². The molecular formula is C12H21N3O5S. The van der Waals surface area contributed by atoms with Gasteiger partial charge >= 0.3 is 12.0 Å². The number of urea groups is 1. The Bertz CT molecular complexity index is 527. The summed E-state index contributed by atoms with van der Waals surface area (Å²) >= 11 is 0. The number of carboxylic acids is 1. The minimum absolute atomic E-state index is 0.0660. The Hall–Kier alpha value is -1.35. The van der Waals surface area contributed by atoms with Gasteiger partial charge in [-0.3, -0.25) is 0 Å². The smallest absolute Gasteiger partial charge is 0.326 e. The number of hydrogen-bond acceptors (Lipinski definition) is 4. The van der Waals surface area contributed by atoms with Crippen molar-refractivity contribution in [3.63, 3.8) is 0 Å². The maximum absolute atomic E-state index is 12.4. The molecule has 2 aliphatic rings. The van der Waals surface area contributed by atoms with E-state index in [0.29, 0.717) is 26.1 Å². The summed E-state index contributed by atoms with van der Waals surface area (Å²) in [4.78, 5) is 26.7. The maximum Gasteiger partial charge on any atom is 0.326 e. The number of hydrogen-bond donors (Lipinski definition) is 1. The summed E-state index contributed by atoms with van der Waals surface area (Å²) in [5.74, 6) is -1.05. The second-order valence-electron chi connectivity index (χ2n) is 5.67. The highest BCUT2D eigenvalue weighted by Crippen LogP contribution is 2.25. The van der Waals surface area contributed by atoms with Crippen molar-refractivity contribution in [3.05, 3.63) is 0 Å². The molecule has 2 heterocycles. The maximum atomic E-state index is 12.4. The summed E-state index contributed by atoms with van der Waals surface area (Å²) in [6.45, 7) is 3.36. The van der Waals surface area contributed by atoms with E-state index < -0.39 is 22.0 Å². The second kappa shape index (κ2) is 5.80. The van der Waals surface area contributed by atoms with E-state index in [1.54, 1.807) is 0 Å². The van der Waals surface area contributed by atoms with Crippen LogP contribution in [-0.4, -0.2) is 84.7 Å². The molecule has 0 aromatic heterocycles. The molecule has 2 rings (SSSR count). The molecule has 21 heavy (non-hydrogen) atoms. The van der Waals surface area contributed by atoms with Crippen LogP contribution in [0.3, 0.4) is 0 Å². The molecule has 0 spiro atoms. The number of carboxylic acid groups (broad SMARTS) is 1.